The molecule has 8 aromatic rings. The number of hydrogen-bond acceptors (Lipinski definition) is 1. The van der Waals surface area contributed by atoms with Gasteiger partial charge in [-0.1, -0.05) is 146 Å². The second-order valence-electron chi connectivity index (χ2n) is 11.2. The largest absolute Gasteiger partial charge is 0.264 e. The maximum Gasteiger partial charge on any atom is 0.0346 e. The Morgan fingerprint density at radius 1 is 0.295 bits per heavy atom. The molecule has 0 aliphatic rings. The van der Waals surface area contributed by atoms with Crippen LogP contribution in [0.2, 0.25) is 0 Å². The van der Waals surface area contributed by atoms with Crippen molar-refractivity contribution >= 4 is 21.5 Å². The summed E-state index contributed by atoms with van der Waals surface area (Å²) in [6, 6.07) is 59.1. The lowest BCUT2D eigenvalue weighted by molar-refractivity contribution is 1.33. The molecular weight excluding hydrogens is 530 g/mol. The third kappa shape index (κ3) is 4.56. The summed E-state index contributed by atoms with van der Waals surface area (Å²) in [6.07, 6.45) is 3.75. The van der Waals surface area contributed by atoms with Gasteiger partial charge in [-0.15, -0.1) is 0 Å². The molecule has 0 bridgehead atoms. The average Bonchev–Trinajstić information content (AvgIpc) is 3.11. The van der Waals surface area contributed by atoms with Crippen molar-refractivity contribution < 1.29 is 0 Å². The fraction of sp³-hybridized carbons (Fsp3) is 0. The van der Waals surface area contributed by atoms with E-state index < -0.39 is 0 Å². The van der Waals surface area contributed by atoms with E-state index in [2.05, 4.69) is 163 Å². The Bertz CT molecular complexity index is 2210. The van der Waals surface area contributed by atoms with Crippen LogP contribution in [0.5, 0.6) is 0 Å². The molecule has 44 heavy (non-hydrogen) atoms. The molecule has 0 radical (unpaired) electrons. The minimum atomic E-state index is 1.12. The Balaban J connectivity index is 1.36. The third-order valence-electron chi connectivity index (χ3n) is 8.55. The maximum atomic E-state index is 4.36. The highest BCUT2D eigenvalue weighted by Gasteiger charge is 2.17. The van der Waals surface area contributed by atoms with Gasteiger partial charge >= 0.3 is 0 Å². The summed E-state index contributed by atoms with van der Waals surface area (Å²) < 4.78 is 0. The smallest absolute Gasteiger partial charge is 0.0346 e. The first-order valence-corrected chi connectivity index (χ1v) is 15.0. The van der Waals surface area contributed by atoms with Crippen molar-refractivity contribution in [2.24, 2.45) is 0 Å². The molecule has 8 rings (SSSR count). The first-order chi connectivity index (χ1) is 21.8. The maximum absolute atomic E-state index is 4.36. The van der Waals surface area contributed by atoms with Crippen molar-refractivity contribution in [1.82, 2.24) is 4.98 Å². The van der Waals surface area contributed by atoms with Gasteiger partial charge in [0.1, 0.15) is 0 Å². The van der Waals surface area contributed by atoms with Crippen LogP contribution in [0.1, 0.15) is 0 Å². The van der Waals surface area contributed by atoms with Crippen LogP contribution in [0.15, 0.2) is 176 Å². The Labute approximate surface area is 257 Å². The first kappa shape index (κ1) is 25.9. The molecule has 206 valence electrons. The number of pyridine rings is 1. The number of aromatic nitrogens is 1. The van der Waals surface area contributed by atoms with Crippen molar-refractivity contribution in [2.75, 3.05) is 0 Å². The normalized spacial score (nSPS) is 11.2. The molecule has 0 atom stereocenters. The monoisotopic (exact) mass is 559 g/mol. The van der Waals surface area contributed by atoms with Crippen LogP contribution in [0.4, 0.5) is 0 Å². The summed E-state index contributed by atoms with van der Waals surface area (Å²) in [7, 11) is 0. The lowest BCUT2D eigenvalue weighted by atomic mass is 9.84. The summed E-state index contributed by atoms with van der Waals surface area (Å²) in [6.45, 7) is 0. The van der Waals surface area contributed by atoms with E-state index in [9.17, 15) is 0 Å². The van der Waals surface area contributed by atoms with Crippen molar-refractivity contribution in [2.45, 2.75) is 0 Å². The molecule has 1 heteroatoms. The van der Waals surface area contributed by atoms with Crippen molar-refractivity contribution in [3.05, 3.63) is 176 Å². The number of rotatable bonds is 5. The molecule has 0 unspecified atom stereocenters. The highest BCUT2D eigenvalue weighted by Crippen LogP contribution is 2.45. The highest BCUT2D eigenvalue weighted by atomic mass is 14.6. The molecular formula is C43H29N. The molecule has 7 aromatic carbocycles. The van der Waals surface area contributed by atoms with E-state index in [1.165, 1.54) is 66.1 Å². The van der Waals surface area contributed by atoms with Gasteiger partial charge in [0, 0.05) is 18.0 Å². The number of benzene rings is 7. The standard InChI is InChI=1S/C43H29N/c1-2-13-30(14-3-1)36-20-4-5-21-37(36)32-16-11-18-34(28-32)43-40-24-8-6-22-38(40)42(39-23-7-9-25-41(39)43)33-17-10-15-31(27-33)35-19-12-26-44-29-35/h1-29H. The summed E-state index contributed by atoms with van der Waals surface area (Å²) >= 11 is 0. The average molecular weight is 560 g/mol. The SMILES string of the molecule is c1ccc(-c2ccccc2-c2cccc(-c3c4ccccc4c(-c4cccc(-c5cccnc5)c4)c4ccccc34)c2)cc1. The van der Waals surface area contributed by atoms with E-state index in [0.717, 1.165) is 11.1 Å². The van der Waals surface area contributed by atoms with Gasteiger partial charge < -0.3 is 0 Å². The fourth-order valence-electron chi connectivity index (χ4n) is 6.58. The van der Waals surface area contributed by atoms with Crippen LogP contribution in [0.3, 0.4) is 0 Å². The molecule has 0 saturated heterocycles. The molecule has 1 aromatic heterocycles. The Morgan fingerprint density at radius 3 is 1.30 bits per heavy atom. The van der Waals surface area contributed by atoms with E-state index in [4.69, 9.17) is 0 Å². The molecule has 0 N–H and O–H groups in total. The van der Waals surface area contributed by atoms with Crippen LogP contribution >= 0.6 is 0 Å². The lowest BCUT2D eigenvalue weighted by Gasteiger charge is -2.19. The summed E-state index contributed by atoms with van der Waals surface area (Å²) in [5.74, 6) is 0. The molecule has 0 aliphatic heterocycles. The number of fused-ring (bicyclic) bond motifs is 2. The van der Waals surface area contributed by atoms with Crippen molar-refractivity contribution in [1.29, 1.82) is 0 Å². The van der Waals surface area contributed by atoms with E-state index >= 15 is 0 Å². The molecule has 1 heterocycles. The Morgan fingerprint density at radius 2 is 0.727 bits per heavy atom. The van der Waals surface area contributed by atoms with Gasteiger partial charge in [-0.05, 0) is 89.8 Å². The number of nitrogens with zero attached hydrogens (tertiary/aromatic N) is 1. The van der Waals surface area contributed by atoms with Gasteiger partial charge in [-0.25, -0.2) is 0 Å². The van der Waals surface area contributed by atoms with Crippen LogP contribution < -0.4 is 0 Å². The molecule has 0 saturated carbocycles. The van der Waals surface area contributed by atoms with Gasteiger partial charge in [0.15, 0.2) is 0 Å². The Kier molecular flexibility index (Phi) is 6.55. The fourth-order valence-corrected chi connectivity index (χ4v) is 6.58. The molecule has 0 amide bonds. The summed E-state index contributed by atoms with van der Waals surface area (Å²) in [5.41, 5.74) is 12.1. The van der Waals surface area contributed by atoms with E-state index in [1.54, 1.807) is 0 Å². The second kappa shape index (κ2) is 11.1. The van der Waals surface area contributed by atoms with Crippen molar-refractivity contribution in [3.8, 4) is 55.6 Å². The van der Waals surface area contributed by atoms with Crippen molar-refractivity contribution in [3.63, 3.8) is 0 Å². The third-order valence-corrected chi connectivity index (χ3v) is 8.55. The van der Waals surface area contributed by atoms with E-state index in [0.29, 0.717) is 0 Å². The van der Waals surface area contributed by atoms with Crippen LogP contribution in [0, 0.1) is 0 Å². The zero-order chi connectivity index (χ0) is 29.3. The lowest BCUT2D eigenvalue weighted by Crippen LogP contribution is -1.92. The topological polar surface area (TPSA) is 12.9 Å². The molecule has 1 nitrogen and oxygen atoms in total. The summed E-state index contributed by atoms with van der Waals surface area (Å²) in [4.78, 5) is 4.36. The minimum absolute atomic E-state index is 1.12. The van der Waals surface area contributed by atoms with E-state index in [-0.39, 0.29) is 0 Å². The highest BCUT2D eigenvalue weighted by molar-refractivity contribution is 6.21. The minimum Gasteiger partial charge on any atom is -0.264 e. The van der Waals surface area contributed by atoms with Gasteiger partial charge in [-0.3, -0.25) is 4.98 Å². The van der Waals surface area contributed by atoms with E-state index in [1.807, 2.05) is 18.5 Å². The molecule has 0 aliphatic carbocycles. The van der Waals surface area contributed by atoms with Gasteiger partial charge in [0.2, 0.25) is 0 Å². The Hall–Kier alpha value is -5.79. The van der Waals surface area contributed by atoms with Gasteiger partial charge in [-0.2, -0.15) is 0 Å². The quantitative estimate of drug-likeness (QED) is 0.191. The zero-order valence-corrected chi connectivity index (χ0v) is 24.2. The molecule has 0 fully saturated rings. The predicted octanol–water partition coefficient (Wildman–Crippen LogP) is 11.7. The second-order valence-corrected chi connectivity index (χ2v) is 11.2. The van der Waals surface area contributed by atoms with Crippen LogP contribution in [-0.4, -0.2) is 4.98 Å². The first-order valence-electron chi connectivity index (χ1n) is 15.0. The molecule has 0 spiro atoms. The zero-order valence-electron chi connectivity index (χ0n) is 24.2. The van der Waals surface area contributed by atoms with Crippen LogP contribution in [-0.2, 0) is 0 Å². The van der Waals surface area contributed by atoms with Crippen LogP contribution in [0.25, 0.3) is 77.2 Å². The number of hydrogen-bond donors (Lipinski definition) is 0. The summed E-state index contributed by atoms with van der Waals surface area (Å²) in [5, 5.41) is 5.00. The van der Waals surface area contributed by atoms with Gasteiger partial charge in [0.25, 0.3) is 0 Å². The van der Waals surface area contributed by atoms with Gasteiger partial charge in [0.05, 0.1) is 0 Å². The predicted molar refractivity (Wildman–Crippen MR) is 186 cm³/mol.